The van der Waals surface area contributed by atoms with Gasteiger partial charge >= 0.3 is 0 Å². The van der Waals surface area contributed by atoms with Gasteiger partial charge in [0.2, 0.25) is 0 Å². The van der Waals surface area contributed by atoms with Gasteiger partial charge in [0.1, 0.15) is 0 Å². The van der Waals surface area contributed by atoms with Crippen molar-refractivity contribution in [1.29, 1.82) is 0 Å². The van der Waals surface area contributed by atoms with Gasteiger partial charge in [0, 0.05) is 16.4 Å². The van der Waals surface area contributed by atoms with Gasteiger partial charge in [0.15, 0.2) is 4.77 Å². The maximum atomic E-state index is 5.21. The number of hydrogen-bond acceptors (Lipinski definition) is 1. The van der Waals surface area contributed by atoms with E-state index in [2.05, 4.69) is 31.5 Å². The first kappa shape index (κ1) is 10.6. The number of aromatic nitrogens is 2. The third-order valence-electron chi connectivity index (χ3n) is 2.36. The molecule has 0 fully saturated rings. The average molecular weight is 283 g/mol. The van der Waals surface area contributed by atoms with Gasteiger partial charge in [-0.15, -0.1) is 0 Å². The molecular weight excluding hydrogens is 272 g/mol. The van der Waals surface area contributed by atoms with Crippen molar-refractivity contribution in [2.24, 2.45) is 0 Å². The molecule has 1 heterocycles. The van der Waals surface area contributed by atoms with Crippen LogP contribution in [-0.2, 0) is 6.54 Å². The Morgan fingerprint density at radius 1 is 1.40 bits per heavy atom. The van der Waals surface area contributed by atoms with Crippen molar-refractivity contribution in [2.45, 2.75) is 13.5 Å². The molecule has 4 heteroatoms. The van der Waals surface area contributed by atoms with Crippen molar-refractivity contribution in [2.75, 3.05) is 0 Å². The summed E-state index contributed by atoms with van der Waals surface area (Å²) in [6.07, 6.45) is 1.93. The number of halogens is 1. The van der Waals surface area contributed by atoms with Crippen LogP contribution in [0.3, 0.4) is 0 Å². The second kappa shape index (κ2) is 4.33. The Morgan fingerprint density at radius 2 is 2.13 bits per heavy atom. The molecule has 1 aromatic heterocycles. The van der Waals surface area contributed by atoms with E-state index in [0.717, 1.165) is 21.5 Å². The fraction of sp³-hybridized carbons (Fsp3) is 0.182. The molecule has 1 N–H and O–H groups in total. The number of benzene rings is 1. The molecule has 78 valence electrons. The van der Waals surface area contributed by atoms with Crippen LogP contribution in [0.1, 0.15) is 11.3 Å². The molecule has 2 aromatic rings. The first-order valence-corrected chi connectivity index (χ1v) is 5.87. The van der Waals surface area contributed by atoms with Gasteiger partial charge in [0.05, 0.1) is 6.54 Å². The summed E-state index contributed by atoms with van der Waals surface area (Å²) in [5.74, 6) is 0. The van der Waals surface area contributed by atoms with Crippen LogP contribution in [0.15, 0.2) is 34.9 Å². The zero-order chi connectivity index (χ0) is 10.8. The normalized spacial score (nSPS) is 10.5. The second-order valence-corrected chi connectivity index (χ2v) is 4.65. The number of imidazole rings is 1. The van der Waals surface area contributed by atoms with Crippen LogP contribution in [-0.4, -0.2) is 9.55 Å². The highest BCUT2D eigenvalue weighted by Crippen LogP contribution is 2.17. The minimum Gasteiger partial charge on any atom is -0.337 e. The number of nitrogens with one attached hydrogen (secondary N) is 1. The lowest BCUT2D eigenvalue weighted by molar-refractivity contribution is 0.755. The van der Waals surface area contributed by atoms with Gasteiger partial charge in [-0.2, -0.15) is 0 Å². The lowest BCUT2D eigenvalue weighted by Gasteiger charge is -2.07. The summed E-state index contributed by atoms with van der Waals surface area (Å²) in [5, 5.41) is 0. The van der Waals surface area contributed by atoms with Crippen LogP contribution in [0.25, 0.3) is 0 Å². The van der Waals surface area contributed by atoms with Gasteiger partial charge in [-0.3, -0.25) is 0 Å². The molecule has 0 saturated carbocycles. The highest BCUT2D eigenvalue weighted by Gasteiger charge is 2.03. The summed E-state index contributed by atoms with van der Waals surface area (Å²) < 4.78 is 3.96. The lowest BCUT2D eigenvalue weighted by atomic mass is 10.2. The topological polar surface area (TPSA) is 20.7 Å². The maximum Gasteiger partial charge on any atom is 0.177 e. The van der Waals surface area contributed by atoms with E-state index in [1.54, 1.807) is 0 Å². The summed E-state index contributed by atoms with van der Waals surface area (Å²) >= 11 is 8.74. The number of aromatic amines is 1. The van der Waals surface area contributed by atoms with E-state index >= 15 is 0 Å². The number of aryl methyl sites for hydroxylation is 1. The number of nitrogens with zero attached hydrogens (tertiary/aromatic N) is 1. The van der Waals surface area contributed by atoms with Crippen molar-refractivity contribution in [1.82, 2.24) is 9.55 Å². The van der Waals surface area contributed by atoms with Crippen molar-refractivity contribution in [3.05, 3.63) is 51.0 Å². The van der Waals surface area contributed by atoms with E-state index in [4.69, 9.17) is 12.2 Å². The quantitative estimate of drug-likeness (QED) is 0.834. The minimum atomic E-state index is 0.767. The third-order valence-corrected chi connectivity index (χ3v) is 3.47. The molecule has 0 atom stereocenters. The summed E-state index contributed by atoms with van der Waals surface area (Å²) in [7, 11) is 0. The van der Waals surface area contributed by atoms with Crippen LogP contribution in [0.2, 0.25) is 0 Å². The third kappa shape index (κ3) is 2.21. The largest absolute Gasteiger partial charge is 0.337 e. The fourth-order valence-electron chi connectivity index (χ4n) is 1.48. The molecule has 2 nitrogen and oxygen atoms in total. The molecule has 0 aliphatic rings. The SMILES string of the molecule is Cc1c[nH]c(=S)n1Cc1ccccc1Br. The zero-order valence-corrected chi connectivity index (χ0v) is 10.7. The van der Waals surface area contributed by atoms with Gasteiger partial charge in [-0.25, -0.2) is 0 Å². The molecule has 0 bridgehead atoms. The summed E-state index contributed by atoms with van der Waals surface area (Å²) in [5.41, 5.74) is 2.38. The van der Waals surface area contributed by atoms with E-state index in [1.807, 2.05) is 31.3 Å². The highest BCUT2D eigenvalue weighted by atomic mass is 79.9. The van der Waals surface area contributed by atoms with Crippen LogP contribution in [0, 0.1) is 11.7 Å². The maximum absolute atomic E-state index is 5.21. The molecule has 0 aliphatic heterocycles. The van der Waals surface area contributed by atoms with Gasteiger partial charge in [-0.1, -0.05) is 34.1 Å². The summed E-state index contributed by atoms with van der Waals surface area (Å²) in [4.78, 5) is 3.04. The van der Waals surface area contributed by atoms with Gasteiger partial charge < -0.3 is 9.55 Å². The second-order valence-electron chi connectivity index (χ2n) is 3.41. The minimum absolute atomic E-state index is 0.767. The van der Waals surface area contributed by atoms with Crippen molar-refractivity contribution in [3.8, 4) is 0 Å². The smallest absolute Gasteiger partial charge is 0.177 e. The number of hydrogen-bond donors (Lipinski definition) is 1. The van der Waals surface area contributed by atoms with Crippen molar-refractivity contribution in [3.63, 3.8) is 0 Å². The summed E-state index contributed by atoms with van der Waals surface area (Å²) in [6, 6.07) is 8.18. The highest BCUT2D eigenvalue weighted by molar-refractivity contribution is 9.10. The molecule has 0 spiro atoms. The molecule has 15 heavy (non-hydrogen) atoms. The lowest BCUT2D eigenvalue weighted by Crippen LogP contribution is -2.02. The van der Waals surface area contributed by atoms with Crippen LogP contribution < -0.4 is 0 Å². The molecule has 0 aliphatic carbocycles. The van der Waals surface area contributed by atoms with E-state index in [1.165, 1.54) is 5.56 Å². The molecule has 1 aromatic carbocycles. The van der Waals surface area contributed by atoms with E-state index in [-0.39, 0.29) is 0 Å². The Hall–Kier alpha value is -0.870. The molecule has 0 radical (unpaired) electrons. The average Bonchev–Trinajstić information content (AvgIpc) is 2.53. The van der Waals surface area contributed by atoms with Crippen molar-refractivity contribution < 1.29 is 0 Å². The molecule has 0 saturated heterocycles. The first-order valence-electron chi connectivity index (χ1n) is 4.66. The zero-order valence-electron chi connectivity index (χ0n) is 8.33. The first-order chi connectivity index (χ1) is 7.18. The Labute approximate surface area is 102 Å². The molecule has 0 unspecified atom stereocenters. The fourth-order valence-corrected chi connectivity index (χ4v) is 2.15. The Kier molecular flexibility index (Phi) is 3.07. The van der Waals surface area contributed by atoms with E-state index < -0.39 is 0 Å². The molecular formula is C11H11BrN2S. The Morgan fingerprint density at radius 3 is 2.73 bits per heavy atom. The Balaban J connectivity index is 2.38. The van der Waals surface area contributed by atoms with E-state index in [0.29, 0.717) is 0 Å². The monoisotopic (exact) mass is 282 g/mol. The summed E-state index contributed by atoms with van der Waals surface area (Å²) in [6.45, 7) is 2.85. The molecule has 0 amide bonds. The van der Waals surface area contributed by atoms with Gasteiger partial charge in [0.25, 0.3) is 0 Å². The van der Waals surface area contributed by atoms with Crippen LogP contribution >= 0.6 is 28.1 Å². The number of rotatable bonds is 2. The Bertz CT molecular complexity index is 527. The predicted octanol–water partition coefficient (Wildman–Crippen LogP) is 3.66. The number of H-pyrrole nitrogens is 1. The van der Waals surface area contributed by atoms with E-state index in [9.17, 15) is 0 Å². The van der Waals surface area contributed by atoms with Crippen molar-refractivity contribution >= 4 is 28.1 Å². The standard InChI is InChI=1S/C11H11BrN2S/c1-8-6-13-11(15)14(8)7-9-4-2-3-5-10(9)12/h2-6H,7H2,1H3,(H,13,15). The predicted molar refractivity (Wildman–Crippen MR) is 67.6 cm³/mol. The molecule has 2 rings (SSSR count). The van der Waals surface area contributed by atoms with Crippen LogP contribution in [0.5, 0.6) is 0 Å². The van der Waals surface area contributed by atoms with Gasteiger partial charge in [-0.05, 0) is 30.8 Å². The van der Waals surface area contributed by atoms with Crippen LogP contribution in [0.4, 0.5) is 0 Å².